The fourth-order valence-corrected chi connectivity index (χ4v) is 1.21. The van der Waals surface area contributed by atoms with Crippen LogP contribution in [0.1, 0.15) is 6.92 Å². The van der Waals surface area contributed by atoms with E-state index in [-0.39, 0.29) is 11.9 Å². The van der Waals surface area contributed by atoms with E-state index in [1.54, 1.807) is 6.92 Å². The molecule has 1 fully saturated rings. The number of hydrogen-bond acceptors (Lipinski definition) is 3. The summed E-state index contributed by atoms with van der Waals surface area (Å²) >= 11 is 0. The van der Waals surface area contributed by atoms with E-state index in [4.69, 9.17) is 4.74 Å². The summed E-state index contributed by atoms with van der Waals surface area (Å²) in [6, 6.07) is 0. The molecule has 0 aromatic carbocycles. The molecule has 2 unspecified atom stereocenters. The van der Waals surface area contributed by atoms with Crippen LogP contribution in [-0.2, 0) is 9.53 Å². The minimum absolute atomic E-state index is 0.118. The lowest BCUT2D eigenvalue weighted by Crippen LogP contribution is -2.40. The standard InChI is InChI=1S/C6H12NO2P/c1-5(8)6-4-7(10)2-3-9-6/h6H,2-4,10H2,1H3. The maximum Gasteiger partial charge on any atom is 0.159 e. The summed E-state index contributed by atoms with van der Waals surface area (Å²) in [6.07, 6.45) is -0.203. The summed E-state index contributed by atoms with van der Waals surface area (Å²) in [7, 11) is 2.58. The molecule has 0 saturated carbocycles. The van der Waals surface area contributed by atoms with E-state index in [1.807, 2.05) is 4.67 Å². The van der Waals surface area contributed by atoms with Gasteiger partial charge >= 0.3 is 0 Å². The Morgan fingerprint density at radius 1 is 1.80 bits per heavy atom. The van der Waals surface area contributed by atoms with Gasteiger partial charge in [-0.2, -0.15) is 0 Å². The zero-order valence-corrected chi connectivity index (χ0v) is 7.19. The number of ketones is 1. The fraction of sp³-hybridized carbons (Fsp3) is 0.833. The lowest BCUT2D eigenvalue weighted by atomic mass is 10.2. The number of Topliss-reactive ketones (excluding diaryl/α,β-unsaturated/α-hetero) is 1. The molecule has 0 aliphatic carbocycles. The minimum atomic E-state index is -0.203. The van der Waals surface area contributed by atoms with E-state index in [9.17, 15) is 4.79 Å². The summed E-state index contributed by atoms with van der Waals surface area (Å²) in [5, 5.41) is 0. The highest BCUT2D eigenvalue weighted by atomic mass is 31.0. The van der Waals surface area contributed by atoms with Crippen LogP contribution in [0.2, 0.25) is 0 Å². The molecule has 58 valence electrons. The van der Waals surface area contributed by atoms with Gasteiger partial charge in [-0.05, 0) is 6.92 Å². The molecule has 10 heavy (non-hydrogen) atoms. The van der Waals surface area contributed by atoms with Crippen molar-refractivity contribution in [1.82, 2.24) is 4.67 Å². The average molecular weight is 161 g/mol. The molecule has 0 bridgehead atoms. The highest BCUT2D eigenvalue weighted by Gasteiger charge is 2.20. The van der Waals surface area contributed by atoms with E-state index in [1.165, 1.54) is 0 Å². The van der Waals surface area contributed by atoms with Gasteiger partial charge in [-0.15, -0.1) is 0 Å². The normalized spacial score (nSPS) is 28.4. The van der Waals surface area contributed by atoms with Crippen molar-refractivity contribution in [3.63, 3.8) is 0 Å². The fourth-order valence-electron chi connectivity index (χ4n) is 0.915. The Kier molecular flexibility index (Phi) is 2.78. The molecule has 3 nitrogen and oxygen atoms in total. The topological polar surface area (TPSA) is 29.5 Å². The summed E-state index contributed by atoms with van der Waals surface area (Å²) in [6.45, 7) is 3.83. The van der Waals surface area contributed by atoms with Gasteiger partial charge in [0.15, 0.2) is 5.78 Å². The molecule has 0 N–H and O–H groups in total. The molecule has 4 heteroatoms. The van der Waals surface area contributed by atoms with Crippen LogP contribution in [0.15, 0.2) is 0 Å². The maximum atomic E-state index is 10.8. The number of nitrogens with zero attached hydrogens (tertiary/aromatic N) is 1. The first-order chi connectivity index (χ1) is 4.70. The van der Waals surface area contributed by atoms with Gasteiger partial charge in [0.05, 0.1) is 6.61 Å². The summed E-state index contributed by atoms with van der Waals surface area (Å²) in [4.78, 5) is 10.8. The van der Waals surface area contributed by atoms with Crippen molar-refractivity contribution < 1.29 is 9.53 Å². The number of ether oxygens (including phenoxy) is 1. The Morgan fingerprint density at radius 2 is 2.50 bits per heavy atom. The van der Waals surface area contributed by atoms with Gasteiger partial charge < -0.3 is 4.74 Å². The largest absolute Gasteiger partial charge is 0.368 e. The van der Waals surface area contributed by atoms with Crippen LogP contribution >= 0.6 is 9.39 Å². The van der Waals surface area contributed by atoms with Crippen LogP contribution in [0.4, 0.5) is 0 Å². The van der Waals surface area contributed by atoms with Gasteiger partial charge in [-0.25, -0.2) is 0 Å². The number of hydrogen-bond donors (Lipinski definition) is 0. The molecule has 0 aromatic rings. The molecular formula is C6H12NO2P. The van der Waals surface area contributed by atoms with Crippen molar-refractivity contribution in [2.75, 3.05) is 19.7 Å². The van der Waals surface area contributed by atoms with Gasteiger partial charge in [-0.3, -0.25) is 9.46 Å². The van der Waals surface area contributed by atoms with E-state index in [0.29, 0.717) is 13.2 Å². The Morgan fingerprint density at radius 3 is 2.90 bits per heavy atom. The molecule has 1 aliphatic heterocycles. The van der Waals surface area contributed by atoms with E-state index in [0.717, 1.165) is 6.54 Å². The van der Waals surface area contributed by atoms with Crippen molar-refractivity contribution in [2.24, 2.45) is 0 Å². The Labute approximate surface area is 63.0 Å². The van der Waals surface area contributed by atoms with E-state index in [2.05, 4.69) is 9.39 Å². The lowest BCUT2D eigenvalue weighted by molar-refractivity contribution is -0.131. The van der Waals surface area contributed by atoms with Crippen LogP contribution < -0.4 is 0 Å². The molecule has 1 rings (SSSR count). The van der Waals surface area contributed by atoms with Crippen LogP contribution in [0, 0.1) is 0 Å². The van der Waals surface area contributed by atoms with Crippen molar-refractivity contribution in [3.8, 4) is 0 Å². The third kappa shape index (κ3) is 2.01. The molecule has 0 amide bonds. The van der Waals surface area contributed by atoms with E-state index >= 15 is 0 Å². The molecule has 2 atom stereocenters. The molecule has 1 aliphatic rings. The average Bonchev–Trinajstić information content (AvgIpc) is 1.88. The molecule has 1 saturated heterocycles. The summed E-state index contributed by atoms with van der Waals surface area (Å²) in [5.41, 5.74) is 0. The van der Waals surface area contributed by atoms with Crippen LogP contribution in [0.25, 0.3) is 0 Å². The highest BCUT2D eigenvalue weighted by molar-refractivity contribution is 7.13. The van der Waals surface area contributed by atoms with Crippen LogP contribution in [-0.4, -0.2) is 36.3 Å². The quantitative estimate of drug-likeness (QED) is 0.509. The zero-order chi connectivity index (χ0) is 7.56. The Balaban J connectivity index is 2.39. The maximum absolute atomic E-state index is 10.8. The number of carbonyl (C=O) groups excluding carboxylic acids is 1. The second-order valence-corrected chi connectivity index (χ2v) is 3.20. The minimum Gasteiger partial charge on any atom is -0.368 e. The SMILES string of the molecule is CC(=O)C1CN(P)CCO1. The van der Waals surface area contributed by atoms with Crippen molar-refractivity contribution in [1.29, 1.82) is 0 Å². The molecule has 0 spiro atoms. The predicted molar refractivity (Wildman–Crippen MR) is 41.7 cm³/mol. The lowest BCUT2D eigenvalue weighted by Gasteiger charge is -2.27. The Hall–Kier alpha value is 0.0200. The third-order valence-electron chi connectivity index (χ3n) is 1.55. The van der Waals surface area contributed by atoms with Gasteiger partial charge in [0.2, 0.25) is 0 Å². The number of carbonyl (C=O) groups is 1. The third-order valence-corrected chi connectivity index (χ3v) is 2.02. The molecule has 0 radical (unpaired) electrons. The van der Waals surface area contributed by atoms with Gasteiger partial charge in [0.1, 0.15) is 6.10 Å². The second kappa shape index (κ2) is 3.42. The first kappa shape index (κ1) is 8.12. The predicted octanol–water partition coefficient (Wildman–Crippen LogP) is 0.0663. The van der Waals surface area contributed by atoms with Crippen molar-refractivity contribution in [2.45, 2.75) is 13.0 Å². The van der Waals surface area contributed by atoms with Crippen molar-refractivity contribution >= 4 is 15.2 Å². The van der Waals surface area contributed by atoms with Crippen LogP contribution in [0.5, 0.6) is 0 Å². The number of morpholine rings is 1. The first-order valence-electron chi connectivity index (χ1n) is 3.32. The zero-order valence-electron chi connectivity index (χ0n) is 6.04. The number of rotatable bonds is 1. The Bertz CT molecular complexity index is 140. The molecule has 1 heterocycles. The van der Waals surface area contributed by atoms with E-state index < -0.39 is 0 Å². The monoisotopic (exact) mass is 161 g/mol. The summed E-state index contributed by atoms with van der Waals surface area (Å²) < 4.78 is 7.23. The van der Waals surface area contributed by atoms with Gasteiger partial charge in [0.25, 0.3) is 0 Å². The van der Waals surface area contributed by atoms with Gasteiger partial charge in [0, 0.05) is 13.1 Å². The first-order valence-corrected chi connectivity index (χ1v) is 3.83. The van der Waals surface area contributed by atoms with Crippen LogP contribution in [0.3, 0.4) is 0 Å². The van der Waals surface area contributed by atoms with Gasteiger partial charge in [-0.1, -0.05) is 9.39 Å². The van der Waals surface area contributed by atoms with Crippen molar-refractivity contribution in [3.05, 3.63) is 0 Å². The second-order valence-electron chi connectivity index (χ2n) is 2.47. The molecule has 0 aromatic heterocycles. The highest BCUT2D eigenvalue weighted by Crippen LogP contribution is 2.09. The summed E-state index contributed by atoms with van der Waals surface area (Å²) in [5.74, 6) is 0.118. The smallest absolute Gasteiger partial charge is 0.159 e. The molecular weight excluding hydrogens is 149 g/mol.